The standard InChI is InChI=1S/C35H34ClNO6/c1-22(2)42-31-11-9-23(19-28(31)34(38)40-4)35(24-10-12-32(39-3)29(36)20-24)14-13-27-25-7-5-6-8-26(25)30(21-33(27)43-35)37-15-17-41-18-16-37/h5-14,19-22H,15-18H2,1-4H3. The molecule has 1 atom stereocenters. The van der Waals surface area contributed by atoms with Gasteiger partial charge in [-0.2, -0.15) is 0 Å². The van der Waals surface area contributed by atoms with E-state index in [0.717, 1.165) is 46.4 Å². The van der Waals surface area contributed by atoms with E-state index < -0.39 is 11.6 Å². The van der Waals surface area contributed by atoms with Crippen molar-refractivity contribution >= 4 is 40.1 Å². The summed E-state index contributed by atoms with van der Waals surface area (Å²) >= 11 is 6.67. The number of fused-ring (bicyclic) bond motifs is 3. The van der Waals surface area contributed by atoms with Crippen molar-refractivity contribution in [3.8, 4) is 17.2 Å². The molecule has 43 heavy (non-hydrogen) atoms. The summed E-state index contributed by atoms with van der Waals surface area (Å²) < 4.78 is 29.3. The first-order valence-corrected chi connectivity index (χ1v) is 14.7. The summed E-state index contributed by atoms with van der Waals surface area (Å²) in [5, 5.41) is 2.69. The second kappa shape index (κ2) is 11.8. The van der Waals surface area contributed by atoms with Gasteiger partial charge in [0.25, 0.3) is 0 Å². The topological polar surface area (TPSA) is 66.5 Å². The van der Waals surface area contributed by atoms with Crippen LogP contribution in [0, 0.1) is 0 Å². The fourth-order valence-corrected chi connectivity index (χ4v) is 6.10. The molecule has 7 nitrogen and oxygen atoms in total. The second-order valence-corrected chi connectivity index (χ2v) is 11.2. The molecule has 0 spiro atoms. The molecule has 6 rings (SSSR count). The number of halogens is 1. The molecule has 1 saturated heterocycles. The fraction of sp³-hybridized carbons (Fsp3) is 0.286. The molecule has 0 aromatic heterocycles. The molecule has 4 aromatic rings. The number of nitrogens with zero attached hydrogens (tertiary/aromatic N) is 1. The Morgan fingerprint density at radius 3 is 2.30 bits per heavy atom. The number of esters is 1. The van der Waals surface area contributed by atoms with E-state index in [2.05, 4.69) is 35.2 Å². The van der Waals surface area contributed by atoms with Crippen LogP contribution in [0.25, 0.3) is 16.8 Å². The minimum absolute atomic E-state index is 0.131. The third kappa shape index (κ3) is 5.28. The van der Waals surface area contributed by atoms with Crippen LogP contribution in [-0.4, -0.2) is 52.6 Å². The third-order valence-corrected chi connectivity index (χ3v) is 8.19. The SMILES string of the molecule is COC(=O)c1cc(C2(c3ccc(OC)c(Cl)c3)C=Cc3c(cc(N4CCOCC4)c4ccccc34)O2)ccc1OC(C)C. The van der Waals surface area contributed by atoms with Crippen molar-refractivity contribution in [1.82, 2.24) is 0 Å². The zero-order chi connectivity index (χ0) is 30.1. The summed E-state index contributed by atoms with van der Waals surface area (Å²) in [4.78, 5) is 15.3. The van der Waals surface area contributed by atoms with E-state index in [9.17, 15) is 4.79 Å². The summed E-state index contributed by atoms with van der Waals surface area (Å²) in [6.45, 7) is 6.74. The summed E-state index contributed by atoms with van der Waals surface area (Å²) in [5.74, 6) is 1.21. The molecular weight excluding hydrogens is 566 g/mol. The number of methoxy groups -OCH3 is 2. The van der Waals surface area contributed by atoms with Crippen LogP contribution in [0.1, 0.15) is 40.9 Å². The molecule has 8 heteroatoms. The lowest BCUT2D eigenvalue weighted by molar-refractivity contribution is 0.0593. The number of anilines is 1. The Labute approximate surface area is 256 Å². The van der Waals surface area contributed by atoms with E-state index in [1.54, 1.807) is 19.2 Å². The van der Waals surface area contributed by atoms with Crippen molar-refractivity contribution in [1.29, 1.82) is 0 Å². The molecule has 222 valence electrons. The maximum Gasteiger partial charge on any atom is 0.341 e. The van der Waals surface area contributed by atoms with Crippen molar-refractivity contribution in [2.24, 2.45) is 0 Å². The Morgan fingerprint density at radius 1 is 0.930 bits per heavy atom. The number of carbonyl (C=O) groups excluding carboxylic acids is 1. The molecule has 2 aliphatic heterocycles. The van der Waals surface area contributed by atoms with Crippen molar-refractivity contribution in [3.05, 3.63) is 100 Å². The lowest BCUT2D eigenvalue weighted by atomic mass is 9.82. The van der Waals surface area contributed by atoms with Crippen LogP contribution in [0.2, 0.25) is 5.02 Å². The number of morpholine rings is 1. The number of carbonyl (C=O) groups is 1. The Hall–Kier alpha value is -4.20. The van der Waals surface area contributed by atoms with Gasteiger partial charge in [0.15, 0.2) is 5.60 Å². The number of hydrogen-bond donors (Lipinski definition) is 0. The molecule has 2 heterocycles. The van der Waals surface area contributed by atoms with Gasteiger partial charge >= 0.3 is 5.97 Å². The fourth-order valence-electron chi connectivity index (χ4n) is 5.85. The van der Waals surface area contributed by atoms with Crippen molar-refractivity contribution in [3.63, 3.8) is 0 Å². The van der Waals surface area contributed by atoms with Crippen LogP contribution in [0.4, 0.5) is 5.69 Å². The molecule has 0 N–H and O–H groups in total. The monoisotopic (exact) mass is 599 g/mol. The summed E-state index contributed by atoms with van der Waals surface area (Å²) in [5.41, 5.74) is 2.74. The van der Waals surface area contributed by atoms with Gasteiger partial charge < -0.3 is 28.6 Å². The molecule has 1 unspecified atom stereocenters. The Kier molecular flexibility index (Phi) is 7.95. The second-order valence-electron chi connectivity index (χ2n) is 10.8. The van der Waals surface area contributed by atoms with E-state index in [4.69, 9.17) is 35.3 Å². The molecule has 2 aliphatic rings. The highest BCUT2D eigenvalue weighted by molar-refractivity contribution is 6.32. The first kappa shape index (κ1) is 28.9. The van der Waals surface area contributed by atoms with Crippen molar-refractivity contribution < 1.29 is 28.5 Å². The largest absolute Gasteiger partial charge is 0.495 e. The molecule has 4 aromatic carbocycles. The lowest BCUT2D eigenvalue weighted by Crippen LogP contribution is -2.37. The van der Waals surface area contributed by atoms with Gasteiger partial charge in [-0.05, 0) is 55.7 Å². The average molecular weight is 600 g/mol. The molecule has 0 radical (unpaired) electrons. The van der Waals surface area contributed by atoms with Gasteiger partial charge in [0.1, 0.15) is 22.8 Å². The zero-order valence-corrected chi connectivity index (χ0v) is 25.4. The van der Waals surface area contributed by atoms with Gasteiger partial charge in [-0.25, -0.2) is 4.79 Å². The summed E-state index contributed by atoms with van der Waals surface area (Å²) in [6, 6.07) is 21.6. The first-order chi connectivity index (χ1) is 20.8. The first-order valence-electron chi connectivity index (χ1n) is 14.3. The highest BCUT2D eigenvalue weighted by Crippen LogP contribution is 2.48. The quantitative estimate of drug-likeness (QED) is 0.207. The predicted octanol–water partition coefficient (Wildman–Crippen LogP) is 7.26. The minimum Gasteiger partial charge on any atom is -0.495 e. The molecular formula is C35H34ClNO6. The van der Waals surface area contributed by atoms with E-state index >= 15 is 0 Å². The number of hydrogen-bond acceptors (Lipinski definition) is 7. The van der Waals surface area contributed by atoms with E-state index in [1.807, 2.05) is 50.3 Å². The maximum absolute atomic E-state index is 13.0. The van der Waals surface area contributed by atoms with Gasteiger partial charge in [-0.1, -0.05) is 48.0 Å². The molecule has 1 fully saturated rings. The average Bonchev–Trinajstić information content (AvgIpc) is 3.04. The zero-order valence-electron chi connectivity index (χ0n) is 24.7. The Bertz CT molecular complexity index is 1710. The van der Waals surface area contributed by atoms with Crippen molar-refractivity contribution in [2.45, 2.75) is 25.6 Å². The summed E-state index contributed by atoms with van der Waals surface area (Å²) in [7, 11) is 2.94. The number of ether oxygens (including phenoxy) is 5. The van der Waals surface area contributed by atoms with Crippen LogP contribution in [0.15, 0.2) is 72.8 Å². The minimum atomic E-state index is -1.13. The predicted molar refractivity (Wildman–Crippen MR) is 169 cm³/mol. The Morgan fingerprint density at radius 2 is 1.63 bits per heavy atom. The van der Waals surface area contributed by atoms with Crippen LogP contribution in [0.5, 0.6) is 17.2 Å². The van der Waals surface area contributed by atoms with E-state index in [1.165, 1.54) is 7.11 Å². The molecule has 0 amide bonds. The lowest BCUT2D eigenvalue weighted by Gasteiger charge is -2.38. The van der Waals surface area contributed by atoms with Gasteiger partial charge in [0.05, 0.1) is 38.6 Å². The smallest absolute Gasteiger partial charge is 0.341 e. The molecule has 0 aliphatic carbocycles. The molecule has 0 saturated carbocycles. The normalized spacial score (nSPS) is 17.9. The van der Waals surface area contributed by atoms with Crippen LogP contribution >= 0.6 is 11.6 Å². The number of benzene rings is 4. The van der Waals surface area contributed by atoms with Gasteiger partial charge in [0.2, 0.25) is 0 Å². The van der Waals surface area contributed by atoms with E-state index in [0.29, 0.717) is 40.9 Å². The van der Waals surface area contributed by atoms with Gasteiger partial charge in [-0.15, -0.1) is 0 Å². The highest BCUT2D eigenvalue weighted by Gasteiger charge is 2.39. The highest BCUT2D eigenvalue weighted by atomic mass is 35.5. The summed E-state index contributed by atoms with van der Waals surface area (Å²) in [6.07, 6.45) is 3.99. The van der Waals surface area contributed by atoms with Gasteiger partial charge in [-0.3, -0.25) is 0 Å². The molecule has 0 bridgehead atoms. The van der Waals surface area contributed by atoms with Crippen LogP contribution < -0.4 is 19.1 Å². The number of rotatable bonds is 7. The van der Waals surface area contributed by atoms with Crippen LogP contribution in [0.3, 0.4) is 0 Å². The van der Waals surface area contributed by atoms with Crippen molar-refractivity contribution in [2.75, 3.05) is 45.4 Å². The third-order valence-electron chi connectivity index (χ3n) is 7.89. The Balaban J connectivity index is 1.57. The van der Waals surface area contributed by atoms with Gasteiger partial charge in [0, 0.05) is 46.9 Å². The van der Waals surface area contributed by atoms with E-state index in [-0.39, 0.29) is 6.10 Å². The maximum atomic E-state index is 13.0. The van der Waals surface area contributed by atoms with Crippen LogP contribution in [-0.2, 0) is 15.1 Å².